The van der Waals surface area contributed by atoms with Gasteiger partial charge in [-0.15, -0.1) is 24.0 Å². The van der Waals surface area contributed by atoms with Gasteiger partial charge in [0.05, 0.1) is 18.9 Å². The molecule has 2 aliphatic carbocycles. The fraction of sp³-hybridized carbons (Fsp3) is 0.696. The zero-order valence-corrected chi connectivity index (χ0v) is 20.4. The number of ether oxygens (including phenoxy) is 2. The number of nitrogens with one attached hydrogen (secondary N) is 2. The van der Waals surface area contributed by atoms with E-state index in [4.69, 9.17) is 9.47 Å². The molecule has 4 atom stereocenters. The highest BCUT2D eigenvalue weighted by atomic mass is 127. The Hall–Kier alpha value is -1.22. The highest BCUT2D eigenvalue weighted by Crippen LogP contribution is 2.60. The quantitative estimate of drug-likeness (QED) is 0.358. The standard InChI is InChI=1S/C23H34N4O2.HI/c1-24-22(26-20-17-10-14-29-21(17)23(20)11-5-6-12-23)25-16-9-13-27(15-16)18-7-3-4-8-19(18)28-2;/h3-4,7-8,16-17,20-21H,5-6,9-15H2,1-2H3,(H2,24,25,26);1H. The van der Waals surface area contributed by atoms with Crippen LogP contribution in [0.15, 0.2) is 29.3 Å². The molecular weight excluding hydrogens is 491 g/mol. The van der Waals surface area contributed by atoms with Crippen molar-refractivity contribution in [2.24, 2.45) is 16.3 Å². The molecule has 2 aliphatic heterocycles. The van der Waals surface area contributed by atoms with E-state index in [9.17, 15) is 0 Å². The number of anilines is 1. The minimum absolute atomic E-state index is 0. The highest BCUT2D eigenvalue weighted by Gasteiger charge is 2.65. The minimum atomic E-state index is 0. The third-order valence-electron chi connectivity index (χ3n) is 7.76. The fourth-order valence-corrected chi connectivity index (χ4v) is 6.40. The highest BCUT2D eigenvalue weighted by molar-refractivity contribution is 14.0. The molecule has 0 aromatic heterocycles. The van der Waals surface area contributed by atoms with Crippen LogP contribution in [0.3, 0.4) is 0 Å². The SMILES string of the molecule is CN=C(NC1CCN(c2ccccc2OC)C1)NC1C2CCOC2C12CCCC2.I. The van der Waals surface area contributed by atoms with Gasteiger partial charge in [-0.05, 0) is 37.8 Å². The molecule has 166 valence electrons. The van der Waals surface area contributed by atoms with Crippen LogP contribution in [0.25, 0.3) is 0 Å². The Balaban J connectivity index is 0.00000218. The van der Waals surface area contributed by atoms with Crippen LogP contribution in [0.1, 0.15) is 38.5 Å². The van der Waals surface area contributed by atoms with Gasteiger partial charge in [0.15, 0.2) is 5.96 Å². The van der Waals surface area contributed by atoms with Crippen LogP contribution in [-0.4, -0.2) is 58.0 Å². The second kappa shape index (κ2) is 9.10. The van der Waals surface area contributed by atoms with Crippen molar-refractivity contribution in [1.82, 2.24) is 10.6 Å². The summed E-state index contributed by atoms with van der Waals surface area (Å²) in [5.41, 5.74) is 1.52. The van der Waals surface area contributed by atoms with E-state index < -0.39 is 0 Å². The van der Waals surface area contributed by atoms with Gasteiger partial charge in [0.1, 0.15) is 5.75 Å². The average molecular weight is 526 g/mol. The first-order chi connectivity index (χ1) is 14.2. The lowest BCUT2D eigenvalue weighted by atomic mass is 9.54. The lowest BCUT2D eigenvalue weighted by molar-refractivity contribution is -0.125. The van der Waals surface area contributed by atoms with Gasteiger partial charge in [0, 0.05) is 50.2 Å². The molecule has 4 aliphatic rings. The number of halogens is 1. The molecule has 6 nitrogen and oxygen atoms in total. The molecule has 7 heteroatoms. The van der Waals surface area contributed by atoms with Gasteiger partial charge < -0.3 is 25.0 Å². The number of fused-ring (bicyclic) bond motifs is 2. The van der Waals surface area contributed by atoms with Crippen LogP contribution in [0, 0.1) is 11.3 Å². The second-order valence-corrected chi connectivity index (χ2v) is 9.13. The lowest BCUT2D eigenvalue weighted by Crippen LogP contribution is -2.69. The van der Waals surface area contributed by atoms with Gasteiger partial charge in [0.25, 0.3) is 0 Å². The monoisotopic (exact) mass is 526 g/mol. The molecule has 5 rings (SSSR count). The summed E-state index contributed by atoms with van der Waals surface area (Å²) >= 11 is 0. The molecule has 0 bridgehead atoms. The summed E-state index contributed by atoms with van der Waals surface area (Å²) in [6, 6.07) is 9.19. The van der Waals surface area contributed by atoms with Gasteiger partial charge in [0.2, 0.25) is 0 Å². The fourth-order valence-electron chi connectivity index (χ4n) is 6.40. The van der Waals surface area contributed by atoms with Crippen LogP contribution in [-0.2, 0) is 4.74 Å². The predicted molar refractivity (Wildman–Crippen MR) is 131 cm³/mol. The van der Waals surface area contributed by atoms with Crippen LogP contribution >= 0.6 is 24.0 Å². The molecule has 1 aromatic carbocycles. The summed E-state index contributed by atoms with van der Waals surface area (Å²) < 4.78 is 11.7. The van der Waals surface area contributed by atoms with Gasteiger partial charge in [-0.1, -0.05) is 25.0 Å². The molecule has 2 saturated heterocycles. The van der Waals surface area contributed by atoms with Gasteiger partial charge in [-0.3, -0.25) is 4.99 Å². The first-order valence-electron chi connectivity index (χ1n) is 11.2. The van der Waals surface area contributed by atoms with E-state index in [0.29, 0.717) is 29.5 Å². The van der Waals surface area contributed by atoms with E-state index in [2.05, 4.69) is 32.7 Å². The Kier molecular flexibility index (Phi) is 6.67. The molecule has 0 amide bonds. The molecule has 4 fully saturated rings. The molecule has 2 saturated carbocycles. The number of aliphatic imine (C=N–C) groups is 1. The summed E-state index contributed by atoms with van der Waals surface area (Å²) in [5.74, 6) is 2.55. The maximum atomic E-state index is 6.13. The maximum absolute atomic E-state index is 6.13. The molecule has 2 N–H and O–H groups in total. The van der Waals surface area contributed by atoms with Crippen molar-refractivity contribution in [2.75, 3.05) is 38.8 Å². The van der Waals surface area contributed by atoms with Crippen LogP contribution in [0.5, 0.6) is 5.75 Å². The first kappa shape index (κ1) is 22.0. The zero-order valence-electron chi connectivity index (χ0n) is 18.1. The molecule has 0 radical (unpaired) electrons. The third-order valence-corrected chi connectivity index (χ3v) is 7.76. The zero-order chi connectivity index (χ0) is 19.8. The van der Waals surface area contributed by atoms with E-state index >= 15 is 0 Å². The van der Waals surface area contributed by atoms with E-state index in [-0.39, 0.29) is 24.0 Å². The Bertz CT molecular complexity index is 767. The number of guanidine groups is 1. The van der Waals surface area contributed by atoms with Crippen molar-refractivity contribution >= 4 is 35.6 Å². The summed E-state index contributed by atoms with van der Waals surface area (Å²) in [6.07, 6.45) is 8.05. The smallest absolute Gasteiger partial charge is 0.191 e. The average Bonchev–Trinajstić information content (AvgIpc) is 3.51. The normalized spacial score (nSPS) is 31.8. The second-order valence-electron chi connectivity index (χ2n) is 9.13. The molecule has 30 heavy (non-hydrogen) atoms. The van der Waals surface area contributed by atoms with Gasteiger partial charge in [-0.2, -0.15) is 0 Å². The van der Waals surface area contributed by atoms with E-state index in [0.717, 1.165) is 37.8 Å². The number of hydrogen-bond donors (Lipinski definition) is 2. The molecule has 1 aromatic rings. The topological polar surface area (TPSA) is 58.1 Å². The minimum Gasteiger partial charge on any atom is -0.495 e. The van der Waals surface area contributed by atoms with E-state index in [1.807, 2.05) is 19.2 Å². The predicted octanol–water partition coefficient (Wildman–Crippen LogP) is 3.40. The van der Waals surface area contributed by atoms with Crippen LogP contribution < -0.4 is 20.3 Å². The molecule has 2 heterocycles. The van der Waals surface area contributed by atoms with E-state index in [1.54, 1.807) is 7.11 Å². The first-order valence-corrected chi connectivity index (χ1v) is 11.2. The largest absolute Gasteiger partial charge is 0.495 e. The summed E-state index contributed by atoms with van der Waals surface area (Å²) in [7, 11) is 3.64. The number of hydrogen-bond acceptors (Lipinski definition) is 4. The van der Waals surface area contributed by atoms with Crippen molar-refractivity contribution < 1.29 is 9.47 Å². The summed E-state index contributed by atoms with van der Waals surface area (Å²) in [6.45, 7) is 2.92. The molecular formula is C23H35IN4O2. The Labute approximate surface area is 197 Å². The Morgan fingerprint density at radius 2 is 2.00 bits per heavy atom. The Morgan fingerprint density at radius 1 is 1.20 bits per heavy atom. The molecule has 4 unspecified atom stereocenters. The van der Waals surface area contributed by atoms with Crippen molar-refractivity contribution in [3.05, 3.63) is 24.3 Å². The number of methoxy groups -OCH3 is 1. The van der Waals surface area contributed by atoms with Crippen LogP contribution in [0.2, 0.25) is 0 Å². The van der Waals surface area contributed by atoms with Gasteiger partial charge >= 0.3 is 0 Å². The van der Waals surface area contributed by atoms with Crippen molar-refractivity contribution in [3.8, 4) is 5.75 Å². The van der Waals surface area contributed by atoms with Crippen molar-refractivity contribution in [2.45, 2.75) is 56.7 Å². The summed E-state index contributed by atoms with van der Waals surface area (Å²) in [5, 5.41) is 7.53. The third kappa shape index (κ3) is 3.66. The van der Waals surface area contributed by atoms with Gasteiger partial charge in [-0.25, -0.2) is 0 Å². The van der Waals surface area contributed by atoms with E-state index in [1.165, 1.54) is 37.8 Å². The van der Waals surface area contributed by atoms with Crippen molar-refractivity contribution in [3.63, 3.8) is 0 Å². The number of rotatable bonds is 4. The maximum Gasteiger partial charge on any atom is 0.191 e. The summed E-state index contributed by atoms with van der Waals surface area (Å²) in [4.78, 5) is 6.99. The van der Waals surface area contributed by atoms with Crippen LogP contribution in [0.4, 0.5) is 5.69 Å². The Morgan fingerprint density at radius 3 is 2.77 bits per heavy atom. The number of benzene rings is 1. The number of nitrogens with zero attached hydrogens (tertiary/aromatic N) is 2. The molecule has 1 spiro atoms. The number of para-hydroxylation sites is 2. The lowest BCUT2D eigenvalue weighted by Gasteiger charge is -2.57. The van der Waals surface area contributed by atoms with Crippen molar-refractivity contribution in [1.29, 1.82) is 0 Å².